The average Bonchev–Trinajstić information content (AvgIpc) is 3.21. The van der Waals surface area contributed by atoms with Gasteiger partial charge < -0.3 is 10.2 Å². The number of nitrogens with zero attached hydrogens (tertiary/aromatic N) is 4. The highest BCUT2D eigenvalue weighted by molar-refractivity contribution is 7.22. The summed E-state index contributed by atoms with van der Waals surface area (Å²) in [5.74, 6) is -0.353. The highest BCUT2D eigenvalue weighted by Crippen LogP contribution is 2.31. The minimum absolute atomic E-state index is 0.0604. The van der Waals surface area contributed by atoms with Gasteiger partial charge in [-0.25, -0.2) is 9.37 Å². The minimum Gasteiger partial charge on any atom is -0.347 e. The quantitative estimate of drug-likeness (QED) is 0.781. The molecule has 3 aromatic rings. The number of halogens is 1. The van der Waals surface area contributed by atoms with Crippen LogP contribution in [0.5, 0.6) is 0 Å². The number of carbonyl (C=O) groups is 1. The fourth-order valence-electron chi connectivity index (χ4n) is 3.10. The van der Waals surface area contributed by atoms with Gasteiger partial charge in [-0.3, -0.25) is 9.48 Å². The van der Waals surface area contributed by atoms with Crippen LogP contribution in [-0.2, 0) is 7.05 Å². The zero-order valence-corrected chi connectivity index (χ0v) is 14.6. The molecule has 1 N–H and O–H groups in total. The van der Waals surface area contributed by atoms with E-state index in [0.29, 0.717) is 12.1 Å². The molecule has 6 nitrogen and oxygen atoms in total. The lowest BCUT2D eigenvalue weighted by Crippen LogP contribution is -2.47. The fourth-order valence-corrected chi connectivity index (χ4v) is 4.12. The van der Waals surface area contributed by atoms with E-state index in [2.05, 4.69) is 20.3 Å². The first-order valence-electron chi connectivity index (χ1n) is 8.19. The van der Waals surface area contributed by atoms with Crippen molar-refractivity contribution < 1.29 is 9.18 Å². The van der Waals surface area contributed by atoms with Crippen LogP contribution in [0.15, 0.2) is 30.6 Å². The lowest BCUT2D eigenvalue weighted by Gasteiger charge is -2.32. The molecule has 4 rings (SSSR count). The summed E-state index contributed by atoms with van der Waals surface area (Å²) >= 11 is 1.49. The van der Waals surface area contributed by atoms with Crippen molar-refractivity contribution in [3.63, 3.8) is 0 Å². The molecule has 1 amide bonds. The summed E-state index contributed by atoms with van der Waals surface area (Å²) in [4.78, 5) is 19.1. The second-order valence-corrected chi connectivity index (χ2v) is 7.28. The van der Waals surface area contributed by atoms with E-state index >= 15 is 0 Å². The number of rotatable bonds is 3. The number of amides is 1. The number of aryl methyl sites for hydroxylation is 1. The van der Waals surface area contributed by atoms with Crippen molar-refractivity contribution in [3.05, 3.63) is 42.0 Å². The van der Waals surface area contributed by atoms with Crippen LogP contribution >= 0.6 is 11.3 Å². The fraction of sp³-hybridized carbons (Fsp3) is 0.353. The van der Waals surface area contributed by atoms with Gasteiger partial charge in [-0.2, -0.15) is 5.10 Å². The molecule has 25 heavy (non-hydrogen) atoms. The molecule has 130 valence electrons. The number of anilines is 1. The molecular weight excluding hydrogens is 341 g/mol. The number of piperidine rings is 1. The van der Waals surface area contributed by atoms with Crippen molar-refractivity contribution in [2.75, 3.05) is 18.0 Å². The van der Waals surface area contributed by atoms with E-state index in [1.165, 1.54) is 23.5 Å². The van der Waals surface area contributed by atoms with Gasteiger partial charge in [-0.15, -0.1) is 0 Å². The Morgan fingerprint density at radius 3 is 3.12 bits per heavy atom. The standard InChI is InChI=1S/C17H18FN5OS/c1-22-9-11(8-19-22)16(24)20-13-3-2-6-23(10-13)17-21-14-5-4-12(18)7-15(14)25-17/h4-5,7-9,13H,2-3,6,10H2,1H3,(H,20,24). The molecule has 1 aliphatic rings. The van der Waals surface area contributed by atoms with E-state index in [-0.39, 0.29) is 17.8 Å². The molecule has 3 heterocycles. The van der Waals surface area contributed by atoms with Crippen molar-refractivity contribution in [2.45, 2.75) is 18.9 Å². The van der Waals surface area contributed by atoms with Gasteiger partial charge in [0.1, 0.15) is 5.82 Å². The van der Waals surface area contributed by atoms with Gasteiger partial charge in [0.25, 0.3) is 5.91 Å². The summed E-state index contributed by atoms with van der Waals surface area (Å²) in [6.07, 6.45) is 5.18. The number of benzene rings is 1. The van der Waals surface area contributed by atoms with Crippen LogP contribution in [0.4, 0.5) is 9.52 Å². The number of hydrogen-bond donors (Lipinski definition) is 1. The highest BCUT2D eigenvalue weighted by Gasteiger charge is 2.24. The van der Waals surface area contributed by atoms with Crippen LogP contribution in [0.2, 0.25) is 0 Å². The summed E-state index contributed by atoms with van der Waals surface area (Å²) in [7, 11) is 1.79. The van der Waals surface area contributed by atoms with Gasteiger partial charge in [0.15, 0.2) is 5.13 Å². The van der Waals surface area contributed by atoms with Gasteiger partial charge in [0.2, 0.25) is 0 Å². The Morgan fingerprint density at radius 2 is 2.32 bits per heavy atom. The molecule has 1 saturated heterocycles. The molecule has 1 atom stereocenters. The number of thiazole rings is 1. The predicted molar refractivity (Wildman–Crippen MR) is 95.5 cm³/mol. The monoisotopic (exact) mass is 359 g/mol. The van der Waals surface area contributed by atoms with Crippen molar-refractivity contribution >= 4 is 32.6 Å². The molecule has 0 aliphatic carbocycles. The Morgan fingerprint density at radius 1 is 1.44 bits per heavy atom. The maximum Gasteiger partial charge on any atom is 0.254 e. The van der Waals surface area contributed by atoms with E-state index in [4.69, 9.17) is 0 Å². The molecule has 0 radical (unpaired) electrons. The zero-order chi connectivity index (χ0) is 17.4. The summed E-state index contributed by atoms with van der Waals surface area (Å²) < 4.78 is 15.8. The van der Waals surface area contributed by atoms with Crippen molar-refractivity contribution in [2.24, 2.45) is 7.05 Å². The molecule has 8 heteroatoms. The smallest absolute Gasteiger partial charge is 0.254 e. The van der Waals surface area contributed by atoms with Crippen LogP contribution < -0.4 is 10.2 Å². The highest BCUT2D eigenvalue weighted by atomic mass is 32.1. The van der Waals surface area contributed by atoms with Gasteiger partial charge in [-0.1, -0.05) is 11.3 Å². The Bertz CT molecular complexity index is 921. The SMILES string of the molecule is Cn1cc(C(=O)NC2CCCN(c3nc4ccc(F)cc4s3)C2)cn1. The van der Waals surface area contributed by atoms with Crippen molar-refractivity contribution in [1.29, 1.82) is 0 Å². The predicted octanol–water partition coefficient (Wildman–Crippen LogP) is 2.57. The van der Waals surface area contributed by atoms with Crippen LogP contribution in [0.1, 0.15) is 23.2 Å². The molecule has 1 fully saturated rings. The third-order valence-electron chi connectivity index (χ3n) is 4.33. The number of nitrogens with one attached hydrogen (secondary N) is 1. The first kappa shape index (κ1) is 16.0. The van der Waals surface area contributed by atoms with E-state index in [0.717, 1.165) is 34.7 Å². The maximum atomic E-state index is 13.4. The van der Waals surface area contributed by atoms with Crippen LogP contribution in [0.3, 0.4) is 0 Å². The van der Waals surface area contributed by atoms with E-state index in [1.807, 2.05) is 0 Å². The van der Waals surface area contributed by atoms with Crippen molar-refractivity contribution in [1.82, 2.24) is 20.1 Å². The first-order chi connectivity index (χ1) is 12.1. The molecule has 0 spiro atoms. The Hall–Kier alpha value is -2.48. The summed E-state index contributed by atoms with van der Waals surface area (Å²) in [6, 6.07) is 4.71. The van der Waals surface area contributed by atoms with Crippen LogP contribution in [0.25, 0.3) is 10.2 Å². The number of fused-ring (bicyclic) bond motifs is 1. The summed E-state index contributed by atoms with van der Waals surface area (Å²) in [5, 5.41) is 7.98. The van der Waals surface area contributed by atoms with Crippen LogP contribution in [-0.4, -0.2) is 39.8 Å². The topological polar surface area (TPSA) is 63.1 Å². The lowest BCUT2D eigenvalue weighted by molar-refractivity contribution is 0.0933. The molecule has 1 aromatic carbocycles. The molecular formula is C17H18FN5OS. The summed E-state index contributed by atoms with van der Waals surface area (Å²) in [5.41, 5.74) is 1.37. The van der Waals surface area contributed by atoms with Crippen molar-refractivity contribution in [3.8, 4) is 0 Å². The Labute approximate surface area is 148 Å². The average molecular weight is 359 g/mol. The second-order valence-electron chi connectivity index (χ2n) is 6.27. The largest absolute Gasteiger partial charge is 0.347 e. The van der Waals surface area contributed by atoms with Gasteiger partial charge in [0, 0.05) is 32.4 Å². The molecule has 1 unspecified atom stereocenters. The van der Waals surface area contributed by atoms with Gasteiger partial charge in [-0.05, 0) is 31.0 Å². The minimum atomic E-state index is -0.247. The third kappa shape index (κ3) is 3.34. The normalized spacial score (nSPS) is 17.8. The van der Waals surface area contributed by atoms with E-state index < -0.39 is 0 Å². The third-order valence-corrected chi connectivity index (χ3v) is 5.41. The Kier molecular flexibility index (Phi) is 4.12. The zero-order valence-electron chi connectivity index (χ0n) is 13.8. The summed E-state index contributed by atoms with van der Waals surface area (Å²) in [6.45, 7) is 1.59. The number of carbonyl (C=O) groups excluding carboxylic acids is 1. The molecule has 2 aromatic heterocycles. The molecule has 1 aliphatic heterocycles. The lowest BCUT2D eigenvalue weighted by atomic mass is 10.1. The van der Waals surface area contributed by atoms with Gasteiger partial charge >= 0.3 is 0 Å². The molecule has 0 bridgehead atoms. The Balaban J connectivity index is 1.47. The number of hydrogen-bond acceptors (Lipinski definition) is 5. The number of aromatic nitrogens is 3. The van der Waals surface area contributed by atoms with E-state index in [9.17, 15) is 9.18 Å². The maximum absolute atomic E-state index is 13.4. The van der Waals surface area contributed by atoms with Gasteiger partial charge in [0.05, 0.1) is 22.0 Å². The van der Waals surface area contributed by atoms with E-state index in [1.54, 1.807) is 30.2 Å². The van der Waals surface area contributed by atoms with Crippen LogP contribution in [0, 0.1) is 5.82 Å². The second kappa shape index (κ2) is 6.44. The first-order valence-corrected chi connectivity index (χ1v) is 9.01. The molecule has 0 saturated carbocycles.